The van der Waals surface area contributed by atoms with Crippen molar-refractivity contribution in [1.29, 1.82) is 0 Å². The zero-order chi connectivity index (χ0) is 31.3. The second-order valence-electron chi connectivity index (χ2n) is 9.98. The molecule has 3 aromatic carbocycles. The van der Waals surface area contributed by atoms with E-state index in [1.54, 1.807) is 43.3 Å². The van der Waals surface area contributed by atoms with E-state index in [4.69, 9.17) is 9.47 Å². The number of methoxy groups -OCH3 is 2. The third-order valence-corrected chi connectivity index (χ3v) is 6.55. The van der Waals surface area contributed by atoms with Gasteiger partial charge >= 0.3 is 6.18 Å². The number of aromatic nitrogens is 1. The van der Waals surface area contributed by atoms with Crippen LogP contribution in [-0.4, -0.2) is 63.1 Å². The van der Waals surface area contributed by atoms with Crippen LogP contribution in [-0.2, 0) is 17.4 Å². The summed E-state index contributed by atoms with van der Waals surface area (Å²) >= 11 is 0. The number of rotatable bonds is 10. The van der Waals surface area contributed by atoms with Gasteiger partial charge in [0.1, 0.15) is 5.82 Å². The van der Waals surface area contributed by atoms with Crippen LogP contribution in [0.25, 0.3) is 22.2 Å². The fourth-order valence-corrected chi connectivity index (χ4v) is 4.33. The quantitative estimate of drug-likeness (QED) is 0.233. The number of alkyl halides is 3. The summed E-state index contributed by atoms with van der Waals surface area (Å²) in [6.45, 7) is 0.705. The molecule has 0 aliphatic carbocycles. The second kappa shape index (κ2) is 13.1. The Hall–Kier alpha value is -4.71. The molecular formula is C31H30F4N4O4. The van der Waals surface area contributed by atoms with Crippen molar-refractivity contribution >= 4 is 28.4 Å². The molecule has 2 N–H and O–H groups in total. The lowest BCUT2D eigenvalue weighted by Crippen LogP contribution is -2.31. The van der Waals surface area contributed by atoms with Gasteiger partial charge in [-0.25, -0.2) is 9.37 Å². The molecular weight excluding hydrogens is 568 g/mol. The highest BCUT2D eigenvalue weighted by atomic mass is 19.4. The van der Waals surface area contributed by atoms with Crippen molar-refractivity contribution in [3.8, 4) is 22.8 Å². The zero-order valence-electron chi connectivity index (χ0n) is 23.9. The van der Waals surface area contributed by atoms with E-state index in [1.807, 2.05) is 6.07 Å². The molecule has 226 valence electrons. The first kappa shape index (κ1) is 31.2. The molecule has 0 radical (unpaired) electrons. The first-order chi connectivity index (χ1) is 20.4. The van der Waals surface area contributed by atoms with Crippen LogP contribution in [0.15, 0.2) is 60.7 Å². The minimum absolute atomic E-state index is 0.0297. The molecule has 0 unspecified atom stereocenters. The third kappa shape index (κ3) is 7.77. The molecule has 0 atom stereocenters. The summed E-state index contributed by atoms with van der Waals surface area (Å²) in [6.07, 6.45) is -5.20. The van der Waals surface area contributed by atoms with Crippen molar-refractivity contribution in [3.05, 3.63) is 83.2 Å². The van der Waals surface area contributed by atoms with Gasteiger partial charge in [-0.15, -0.1) is 0 Å². The average molecular weight is 599 g/mol. The number of likely N-dealkylation sites (N-methyl/N-ethyl adjacent to an activating group) is 1. The van der Waals surface area contributed by atoms with Gasteiger partial charge in [0.2, 0.25) is 5.91 Å². The number of pyridine rings is 1. The summed E-state index contributed by atoms with van der Waals surface area (Å²) in [5, 5.41) is 5.70. The lowest BCUT2D eigenvalue weighted by atomic mass is 10.0. The van der Waals surface area contributed by atoms with Crippen LogP contribution in [0, 0.1) is 5.82 Å². The first-order valence-corrected chi connectivity index (χ1v) is 13.1. The minimum Gasteiger partial charge on any atom is -0.493 e. The summed E-state index contributed by atoms with van der Waals surface area (Å²) in [5.41, 5.74) is -0.0259. The molecule has 0 fully saturated rings. The molecule has 2 amide bonds. The standard InChI is InChI=1S/C31H30F4N4O4/c1-39(2)10-9-36-30(41)21-11-22(31(33,34)35)16-23(12-21)37-29(40)15-18-5-6-19(13-24(18)32)25-8-7-20-14-27(42-3)28(43-4)17-26(20)38-25/h5-8,11-14,16-17H,9-10,15H2,1-4H3,(H,36,41)(H,37,40). The Morgan fingerprint density at radius 2 is 1.65 bits per heavy atom. The van der Waals surface area contributed by atoms with Crippen molar-refractivity contribution in [2.75, 3.05) is 46.7 Å². The number of nitrogens with one attached hydrogen (secondary N) is 2. The number of ether oxygens (including phenoxy) is 2. The highest BCUT2D eigenvalue weighted by molar-refractivity contribution is 5.98. The Labute approximate surface area is 245 Å². The van der Waals surface area contributed by atoms with Crippen LogP contribution < -0.4 is 20.1 Å². The summed E-state index contributed by atoms with van der Waals surface area (Å²) in [5.74, 6) is -1.13. The van der Waals surface area contributed by atoms with E-state index in [9.17, 15) is 22.8 Å². The Balaban J connectivity index is 1.51. The van der Waals surface area contributed by atoms with Crippen LogP contribution >= 0.6 is 0 Å². The van der Waals surface area contributed by atoms with Crippen molar-refractivity contribution in [2.24, 2.45) is 0 Å². The molecule has 1 heterocycles. The maximum Gasteiger partial charge on any atom is 0.416 e. The summed E-state index contributed by atoms with van der Waals surface area (Å²) in [4.78, 5) is 31.6. The van der Waals surface area contributed by atoms with Gasteiger partial charge in [0.25, 0.3) is 5.91 Å². The number of anilines is 1. The molecule has 1 aromatic heterocycles. The maximum absolute atomic E-state index is 15.1. The Kier molecular flexibility index (Phi) is 9.50. The van der Waals surface area contributed by atoms with E-state index < -0.39 is 35.8 Å². The normalized spacial score (nSPS) is 11.5. The fourth-order valence-electron chi connectivity index (χ4n) is 4.33. The van der Waals surface area contributed by atoms with Crippen LogP contribution in [0.3, 0.4) is 0 Å². The number of amides is 2. The molecule has 0 aliphatic rings. The van der Waals surface area contributed by atoms with Gasteiger partial charge in [0, 0.05) is 41.4 Å². The van der Waals surface area contributed by atoms with Crippen molar-refractivity contribution in [3.63, 3.8) is 0 Å². The molecule has 0 spiro atoms. The smallest absolute Gasteiger partial charge is 0.416 e. The van der Waals surface area contributed by atoms with Crippen molar-refractivity contribution < 1.29 is 36.6 Å². The average Bonchev–Trinajstić information content (AvgIpc) is 2.96. The largest absolute Gasteiger partial charge is 0.493 e. The van der Waals surface area contributed by atoms with E-state index in [0.29, 0.717) is 40.9 Å². The van der Waals surface area contributed by atoms with Gasteiger partial charge in [-0.3, -0.25) is 9.59 Å². The van der Waals surface area contributed by atoms with E-state index in [1.165, 1.54) is 26.4 Å². The van der Waals surface area contributed by atoms with Gasteiger partial charge in [-0.1, -0.05) is 18.2 Å². The monoisotopic (exact) mass is 598 g/mol. The third-order valence-electron chi connectivity index (χ3n) is 6.55. The minimum atomic E-state index is -4.75. The van der Waals surface area contributed by atoms with E-state index >= 15 is 4.39 Å². The SMILES string of the molecule is COc1cc2ccc(-c3ccc(CC(=O)Nc4cc(C(=O)NCCN(C)C)cc(C(F)(F)F)c4)c(F)c3)nc2cc1OC. The molecule has 4 aromatic rings. The van der Waals surface area contributed by atoms with Gasteiger partial charge in [0.15, 0.2) is 11.5 Å². The van der Waals surface area contributed by atoms with E-state index in [2.05, 4.69) is 15.6 Å². The van der Waals surface area contributed by atoms with E-state index in [0.717, 1.165) is 17.5 Å². The highest BCUT2D eigenvalue weighted by Gasteiger charge is 2.32. The molecule has 12 heteroatoms. The van der Waals surface area contributed by atoms with E-state index in [-0.39, 0.29) is 23.4 Å². The topological polar surface area (TPSA) is 92.8 Å². The van der Waals surface area contributed by atoms with Crippen LogP contribution in [0.5, 0.6) is 11.5 Å². The number of fused-ring (bicyclic) bond motifs is 1. The summed E-state index contributed by atoms with van der Waals surface area (Å²) in [7, 11) is 6.61. The number of nitrogens with zero attached hydrogens (tertiary/aromatic N) is 2. The predicted molar refractivity (Wildman–Crippen MR) is 155 cm³/mol. The highest BCUT2D eigenvalue weighted by Crippen LogP contribution is 2.34. The first-order valence-electron chi connectivity index (χ1n) is 13.1. The molecule has 0 aliphatic heterocycles. The van der Waals surface area contributed by atoms with Crippen LogP contribution in [0.4, 0.5) is 23.2 Å². The van der Waals surface area contributed by atoms with Gasteiger partial charge < -0.3 is 25.0 Å². The molecule has 43 heavy (non-hydrogen) atoms. The summed E-state index contributed by atoms with van der Waals surface area (Å²) < 4.78 is 66.3. The van der Waals surface area contributed by atoms with Crippen LogP contribution in [0.2, 0.25) is 0 Å². The zero-order valence-corrected chi connectivity index (χ0v) is 23.9. The number of hydrogen-bond acceptors (Lipinski definition) is 6. The Bertz CT molecular complexity index is 1660. The van der Waals surface area contributed by atoms with Gasteiger partial charge in [-0.2, -0.15) is 13.2 Å². The fraction of sp³-hybridized carbons (Fsp3) is 0.258. The second-order valence-corrected chi connectivity index (χ2v) is 9.98. The maximum atomic E-state index is 15.1. The Morgan fingerprint density at radius 1 is 0.930 bits per heavy atom. The lowest BCUT2D eigenvalue weighted by Gasteiger charge is -2.14. The molecule has 4 rings (SSSR count). The number of carbonyl (C=O) groups excluding carboxylic acids is 2. The Morgan fingerprint density at radius 3 is 2.30 bits per heavy atom. The molecule has 0 saturated heterocycles. The molecule has 0 bridgehead atoms. The van der Waals surface area contributed by atoms with Crippen molar-refractivity contribution in [1.82, 2.24) is 15.2 Å². The number of hydrogen-bond donors (Lipinski definition) is 2. The van der Waals surface area contributed by atoms with Gasteiger partial charge in [-0.05, 0) is 56.1 Å². The summed E-state index contributed by atoms with van der Waals surface area (Å²) in [6, 6.07) is 13.9. The number of benzene rings is 3. The number of carbonyl (C=O) groups is 2. The van der Waals surface area contributed by atoms with Crippen LogP contribution in [0.1, 0.15) is 21.5 Å². The predicted octanol–water partition coefficient (Wildman–Crippen LogP) is 5.55. The van der Waals surface area contributed by atoms with Gasteiger partial charge in [0.05, 0.1) is 37.4 Å². The van der Waals surface area contributed by atoms with Crippen molar-refractivity contribution in [2.45, 2.75) is 12.6 Å². The molecule has 8 nitrogen and oxygen atoms in total. The lowest BCUT2D eigenvalue weighted by molar-refractivity contribution is -0.137. The molecule has 0 saturated carbocycles. The number of halogens is 4.